The quantitative estimate of drug-likeness (QED) is 0.418. The van der Waals surface area contributed by atoms with Gasteiger partial charge in [0, 0.05) is 48.0 Å². The van der Waals surface area contributed by atoms with E-state index in [1.54, 1.807) is 60.5 Å². The lowest BCUT2D eigenvalue weighted by Gasteiger charge is -2.36. The fourth-order valence-electron chi connectivity index (χ4n) is 3.97. The van der Waals surface area contributed by atoms with Crippen molar-refractivity contribution in [1.29, 1.82) is 0 Å². The molecule has 1 aliphatic rings. The lowest BCUT2D eigenvalue weighted by molar-refractivity contribution is -0.137. The van der Waals surface area contributed by atoms with Crippen molar-refractivity contribution in [2.45, 2.75) is 12.8 Å². The van der Waals surface area contributed by atoms with Crippen LogP contribution in [0.5, 0.6) is 11.5 Å². The van der Waals surface area contributed by atoms with E-state index in [0.717, 1.165) is 12.1 Å². The fourth-order valence-corrected chi connectivity index (χ4v) is 4.15. The predicted molar refractivity (Wildman–Crippen MR) is 128 cm³/mol. The van der Waals surface area contributed by atoms with Crippen molar-refractivity contribution in [3.8, 4) is 11.5 Å². The number of piperazine rings is 1. The normalized spacial score (nSPS) is 14.1. The van der Waals surface area contributed by atoms with Gasteiger partial charge in [0.2, 0.25) is 0 Å². The first-order valence-corrected chi connectivity index (χ1v) is 11.4. The van der Waals surface area contributed by atoms with Crippen LogP contribution in [0.4, 0.5) is 18.9 Å². The standard InChI is InChI=1S/C26H24ClF3N2O3/c1-34-24-9-8-18(14-19(24)17-35-23-7-3-5-21(27)16-23)25(33)32-12-10-31(11-13-32)22-6-2-4-20(15-22)26(28,29)30/h2-9,14-16H,10-13,17H2,1H3. The minimum Gasteiger partial charge on any atom is -0.496 e. The topological polar surface area (TPSA) is 42.0 Å². The molecule has 3 aromatic carbocycles. The molecule has 1 heterocycles. The Balaban J connectivity index is 1.42. The molecule has 0 bridgehead atoms. The van der Waals surface area contributed by atoms with Crippen LogP contribution in [0.25, 0.3) is 0 Å². The molecule has 3 aromatic rings. The molecule has 35 heavy (non-hydrogen) atoms. The van der Waals surface area contributed by atoms with Crippen LogP contribution >= 0.6 is 11.6 Å². The van der Waals surface area contributed by atoms with Crippen LogP contribution in [0.3, 0.4) is 0 Å². The Labute approximate surface area is 206 Å². The van der Waals surface area contributed by atoms with Gasteiger partial charge in [-0.1, -0.05) is 23.7 Å². The minimum absolute atomic E-state index is 0.152. The number of carbonyl (C=O) groups excluding carboxylic acids is 1. The SMILES string of the molecule is COc1ccc(C(=O)N2CCN(c3cccc(C(F)(F)F)c3)CC2)cc1COc1cccc(Cl)c1. The molecule has 0 atom stereocenters. The average molecular weight is 505 g/mol. The van der Waals surface area contributed by atoms with E-state index in [-0.39, 0.29) is 12.5 Å². The van der Waals surface area contributed by atoms with E-state index in [9.17, 15) is 18.0 Å². The van der Waals surface area contributed by atoms with Crippen molar-refractivity contribution in [3.63, 3.8) is 0 Å². The number of anilines is 1. The van der Waals surface area contributed by atoms with Crippen molar-refractivity contribution < 1.29 is 27.4 Å². The van der Waals surface area contributed by atoms with Gasteiger partial charge >= 0.3 is 6.18 Å². The number of carbonyl (C=O) groups is 1. The van der Waals surface area contributed by atoms with Crippen LogP contribution in [0.15, 0.2) is 66.7 Å². The summed E-state index contributed by atoms with van der Waals surface area (Å²) in [7, 11) is 1.55. The first-order chi connectivity index (χ1) is 16.7. The van der Waals surface area contributed by atoms with Crippen molar-refractivity contribution in [2.24, 2.45) is 0 Å². The smallest absolute Gasteiger partial charge is 0.416 e. The molecule has 0 N–H and O–H groups in total. The van der Waals surface area contributed by atoms with Gasteiger partial charge in [-0.05, 0) is 54.6 Å². The van der Waals surface area contributed by atoms with Crippen molar-refractivity contribution >= 4 is 23.2 Å². The van der Waals surface area contributed by atoms with Crippen LogP contribution < -0.4 is 14.4 Å². The summed E-state index contributed by atoms with van der Waals surface area (Å²) in [4.78, 5) is 16.7. The van der Waals surface area contributed by atoms with E-state index in [4.69, 9.17) is 21.1 Å². The van der Waals surface area contributed by atoms with E-state index < -0.39 is 11.7 Å². The first kappa shape index (κ1) is 24.7. The van der Waals surface area contributed by atoms with Crippen LogP contribution in [0.2, 0.25) is 5.02 Å². The lowest BCUT2D eigenvalue weighted by atomic mass is 10.1. The van der Waals surface area contributed by atoms with E-state index in [1.165, 1.54) is 6.07 Å². The van der Waals surface area contributed by atoms with Crippen molar-refractivity contribution in [1.82, 2.24) is 4.90 Å². The third-order valence-electron chi connectivity index (χ3n) is 5.82. The van der Waals surface area contributed by atoms with Gasteiger partial charge in [0.1, 0.15) is 18.1 Å². The molecular formula is C26H24ClF3N2O3. The number of rotatable bonds is 6. The molecular weight excluding hydrogens is 481 g/mol. The summed E-state index contributed by atoms with van der Waals surface area (Å²) in [5.41, 5.74) is 1.01. The average Bonchev–Trinajstić information content (AvgIpc) is 2.86. The molecule has 0 saturated carbocycles. The summed E-state index contributed by atoms with van der Waals surface area (Å²) >= 11 is 6.01. The largest absolute Gasteiger partial charge is 0.496 e. The highest BCUT2D eigenvalue weighted by Crippen LogP contribution is 2.32. The summed E-state index contributed by atoms with van der Waals surface area (Å²) in [6.45, 7) is 1.86. The summed E-state index contributed by atoms with van der Waals surface area (Å²) < 4.78 is 50.4. The maximum absolute atomic E-state index is 13.2. The molecule has 0 unspecified atom stereocenters. The van der Waals surface area contributed by atoms with Crippen LogP contribution in [0, 0.1) is 0 Å². The van der Waals surface area contributed by atoms with Gasteiger partial charge in [-0.15, -0.1) is 0 Å². The zero-order valence-electron chi connectivity index (χ0n) is 19.0. The number of ether oxygens (including phenoxy) is 2. The third-order valence-corrected chi connectivity index (χ3v) is 6.06. The monoisotopic (exact) mass is 504 g/mol. The summed E-state index contributed by atoms with van der Waals surface area (Å²) in [6, 6.07) is 17.5. The molecule has 184 valence electrons. The Kier molecular flexibility index (Phi) is 7.40. The molecule has 0 aliphatic carbocycles. The highest BCUT2D eigenvalue weighted by Gasteiger charge is 2.31. The second-order valence-electron chi connectivity index (χ2n) is 8.10. The Bertz CT molecular complexity index is 1190. The molecule has 9 heteroatoms. The van der Waals surface area contributed by atoms with Gasteiger partial charge in [0.05, 0.1) is 12.7 Å². The second-order valence-corrected chi connectivity index (χ2v) is 8.54. The van der Waals surface area contributed by atoms with Gasteiger partial charge < -0.3 is 19.3 Å². The third kappa shape index (κ3) is 6.00. The maximum atomic E-state index is 13.2. The van der Waals surface area contributed by atoms with Gasteiger partial charge in [-0.2, -0.15) is 13.2 Å². The van der Waals surface area contributed by atoms with Gasteiger partial charge in [0.15, 0.2) is 0 Å². The Morgan fingerprint density at radius 2 is 1.71 bits per heavy atom. The first-order valence-electron chi connectivity index (χ1n) is 11.0. The van der Waals surface area contributed by atoms with Crippen LogP contribution in [0.1, 0.15) is 21.5 Å². The summed E-state index contributed by atoms with van der Waals surface area (Å²) in [6.07, 6.45) is -4.39. The van der Waals surface area contributed by atoms with Gasteiger partial charge in [0.25, 0.3) is 5.91 Å². The Hall–Kier alpha value is -3.39. The Morgan fingerprint density at radius 3 is 2.40 bits per heavy atom. The van der Waals surface area contributed by atoms with E-state index in [0.29, 0.717) is 59.5 Å². The molecule has 5 nitrogen and oxygen atoms in total. The molecule has 1 amide bonds. The number of hydrogen-bond acceptors (Lipinski definition) is 4. The molecule has 4 rings (SSSR count). The fraction of sp³-hybridized carbons (Fsp3) is 0.269. The molecule has 1 aliphatic heterocycles. The highest BCUT2D eigenvalue weighted by molar-refractivity contribution is 6.30. The summed E-state index contributed by atoms with van der Waals surface area (Å²) in [5.74, 6) is 1.04. The number of alkyl halides is 3. The highest BCUT2D eigenvalue weighted by atomic mass is 35.5. The zero-order valence-corrected chi connectivity index (χ0v) is 19.8. The minimum atomic E-state index is -4.39. The van der Waals surface area contributed by atoms with Crippen LogP contribution in [-0.4, -0.2) is 44.1 Å². The van der Waals surface area contributed by atoms with Crippen LogP contribution in [-0.2, 0) is 12.8 Å². The number of hydrogen-bond donors (Lipinski definition) is 0. The van der Waals surface area contributed by atoms with Crippen molar-refractivity contribution in [3.05, 3.63) is 88.4 Å². The number of halogens is 4. The number of nitrogens with zero attached hydrogens (tertiary/aromatic N) is 2. The summed E-state index contributed by atoms with van der Waals surface area (Å²) in [5, 5.41) is 0.558. The molecule has 0 radical (unpaired) electrons. The molecule has 1 fully saturated rings. The Morgan fingerprint density at radius 1 is 0.971 bits per heavy atom. The zero-order chi connectivity index (χ0) is 25.0. The van der Waals surface area contributed by atoms with E-state index >= 15 is 0 Å². The van der Waals surface area contributed by atoms with Gasteiger partial charge in [-0.3, -0.25) is 4.79 Å². The molecule has 0 spiro atoms. The van der Waals surface area contributed by atoms with E-state index in [2.05, 4.69) is 0 Å². The van der Waals surface area contributed by atoms with Crippen molar-refractivity contribution in [2.75, 3.05) is 38.2 Å². The van der Waals surface area contributed by atoms with Gasteiger partial charge in [-0.25, -0.2) is 0 Å². The molecule has 1 saturated heterocycles. The number of amides is 1. The maximum Gasteiger partial charge on any atom is 0.416 e. The van der Waals surface area contributed by atoms with E-state index in [1.807, 2.05) is 4.90 Å². The second kappa shape index (κ2) is 10.5. The number of methoxy groups -OCH3 is 1. The number of benzene rings is 3. The predicted octanol–water partition coefficient (Wildman–Crippen LogP) is 5.91. The molecule has 0 aromatic heterocycles. The lowest BCUT2D eigenvalue weighted by Crippen LogP contribution is -2.48.